The van der Waals surface area contributed by atoms with Crippen molar-refractivity contribution in [1.29, 1.82) is 5.41 Å². The van der Waals surface area contributed by atoms with Crippen molar-refractivity contribution in [3.05, 3.63) is 23.8 Å². The lowest BCUT2D eigenvalue weighted by Crippen LogP contribution is -2.29. The molecule has 1 aliphatic rings. The van der Waals surface area contributed by atoms with Crippen LogP contribution in [0.2, 0.25) is 0 Å². The molecule has 2 nitrogen and oxygen atoms in total. The monoisotopic (exact) mass is 210 g/mol. The highest BCUT2D eigenvalue weighted by molar-refractivity contribution is 6.05. The molecule has 1 fully saturated rings. The summed E-state index contributed by atoms with van der Waals surface area (Å²) in [5.41, 5.74) is 2.29. The van der Waals surface area contributed by atoms with Gasteiger partial charge in [-0.15, -0.1) is 9.60 Å². The number of nitrogens with zero attached hydrogens (tertiary/aromatic N) is 1. The van der Waals surface area contributed by atoms with Crippen molar-refractivity contribution in [3.63, 3.8) is 0 Å². The SMILES string of the molecule is C=C(C)C(=N)C=C(C)C1CCCN(F)C1. The van der Waals surface area contributed by atoms with Crippen molar-refractivity contribution in [2.24, 2.45) is 5.92 Å². The maximum Gasteiger partial charge on any atom is 0.0562 e. The number of hydrogen-bond acceptors (Lipinski definition) is 2. The fraction of sp³-hybridized carbons (Fsp3) is 0.583. The Morgan fingerprint density at radius 1 is 1.53 bits per heavy atom. The van der Waals surface area contributed by atoms with E-state index in [4.69, 9.17) is 5.41 Å². The summed E-state index contributed by atoms with van der Waals surface area (Å²) in [7, 11) is 0. The fourth-order valence-electron chi connectivity index (χ4n) is 1.77. The topological polar surface area (TPSA) is 27.1 Å². The average molecular weight is 210 g/mol. The van der Waals surface area contributed by atoms with Gasteiger partial charge < -0.3 is 5.41 Å². The Bertz CT molecular complexity index is 294. The van der Waals surface area contributed by atoms with Crippen LogP contribution in [0.15, 0.2) is 23.8 Å². The van der Waals surface area contributed by atoms with Crippen LogP contribution in [0.4, 0.5) is 4.48 Å². The van der Waals surface area contributed by atoms with Gasteiger partial charge in [0.05, 0.1) is 5.71 Å². The van der Waals surface area contributed by atoms with Gasteiger partial charge in [0.25, 0.3) is 0 Å². The Kier molecular flexibility index (Phi) is 4.21. The number of halogens is 1. The first kappa shape index (κ1) is 12.1. The summed E-state index contributed by atoms with van der Waals surface area (Å²) < 4.78 is 13.0. The molecule has 3 heteroatoms. The van der Waals surface area contributed by atoms with Crippen LogP contribution in [-0.2, 0) is 0 Å². The van der Waals surface area contributed by atoms with E-state index in [1.165, 1.54) is 0 Å². The van der Waals surface area contributed by atoms with Crippen molar-refractivity contribution in [1.82, 2.24) is 5.12 Å². The summed E-state index contributed by atoms with van der Waals surface area (Å²) >= 11 is 0. The van der Waals surface area contributed by atoms with Crippen LogP contribution >= 0.6 is 0 Å². The van der Waals surface area contributed by atoms with Crippen LogP contribution in [0.25, 0.3) is 0 Å². The number of allylic oxidation sites excluding steroid dienone is 2. The number of rotatable bonds is 3. The maximum absolute atomic E-state index is 13.0. The molecule has 1 N–H and O–H groups in total. The van der Waals surface area contributed by atoms with Crippen molar-refractivity contribution in [2.75, 3.05) is 13.1 Å². The van der Waals surface area contributed by atoms with Gasteiger partial charge in [0.1, 0.15) is 0 Å². The molecule has 1 saturated heterocycles. The molecule has 0 radical (unpaired) electrons. The minimum Gasteiger partial charge on any atom is -0.301 e. The summed E-state index contributed by atoms with van der Waals surface area (Å²) in [4.78, 5) is 0. The van der Waals surface area contributed by atoms with Crippen LogP contribution in [0, 0.1) is 11.3 Å². The van der Waals surface area contributed by atoms with E-state index in [2.05, 4.69) is 6.58 Å². The lowest BCUT2D eigenvalue weighted by atomic mass is 9.91. The van der Waals surface area contributed by atoms with Gasteiger partial charge in [0.2, 0.25) is 0 Å². The standard InChI is InChI=1S/C12H19FN2/c1-9(2)12(14)7-10(3)11-5-4-6-15(13)8-11/h7,11,14H,1,4-6,8H2,2-3H3. The minimum absolute atomic E-state index is 0.253. The molecule has 1 heterocycles. The third kappa shape index (κ3) is 3.59. The van der Waals surface area contributed by atoms with Crippen LogP contribution in [0.5, 0.6) is 0 Å². The average Bonchev–Trinajstić information content (AvgIpc) is 2.17. The normalized spacial score (nSPS) is 23.9. The molecule has 1 rings (SSSR count). The number of piperidine rings is 1. The minimum atomic E-state index is 0.253. The zero-order valence-corrected chi connectivity index (χ0v) is 9.52. The Morgan fingerprint density at radius 2 is 2.20 bits per heavy atom. The molecule has 0 aromatic heterocycles. The van der Waals surface area contributed by atoms with Crippen LogP contribution in [0.3, 0.4) is 0 Å². The van der Waals surface area contributed by atoms with E-state index < -0.39 is 0 Å². The van der Waals surface area contributed by atoms with Crippen LogP contribution < -0.4 is 0 Å². The predicted octanol–water partition coefficient (Wildman–Crippen LogP) is 3.13. The zero-order valence-electron chi connectivity index (χ0n) is 9.52. The summed E-state index contributed by atoms with van der Waals surface area (Å²) in [6.07, 6.45) is 3.73. The summed E-state index contributed by atoms with van der Waals surface area (Å²) in [6.45, 7) is 8.51. The molecule has 1 unspecified atom stereocenters. The zero-order chi connectivity index (χ0) is 11.4. The molecule has 0 amide bonds. The van der Waals surface area contributed by atoms with Crippen molar-refractivity contribution in [2.45, 2.75) is 26.7 Å². The summed E-state index contributed by atoms with van der Waals surface area (Å²) in [6, 6.07) is 0. The van der Waals surface area contributed by atoms with Gasteiger partial charge in [0, 0.05) is 13.1 Å². The highest BCUT2D eigenvalue weighted by atomic mass is 19.2. The first-order valence-corrected chi connectivity index (χ1v) is 5.34. The fourth-order valence-corrected chi connectivity index (χ4v) is 1.77. The molecule has 0 bridgehead atoms. The molecule has 0 saturated carbocycles. The third-order valence-corrected chi connectivity index (χ3v) is 2.85. The van der Waals surface area contributed by atoms with E-state index in [1.54, 1.807) is 0 Å². The molecular weight excluding hydrogens is 191 g/mol. The first-order chi connectivity index (χ1) is 7.00. The largest absolute Gasteiger partial charge is 0.301 e. The molecule has 15 heavy (non-hydrogen) atoms. The molecule has 1 aliphatic heterocycles. The Labute approximate surface area is 90.9 Å². The number of nitrogens with one attached hydrogen (secondary N) is 1. The summed E-state index contributed by atoms with van der Waals surface area (Å²) in [5.74, 6) is 0.253. The van der Waals surface area contributed by atoms with E-state index >= 15 is 0 Å². The van der Waals surface area contributed by atoms with Crippen molar-refractivity contribution in [3.8, 4) is 0 Å². The molecule has 0 aliphatic carbocycles. The smallest absolute Gasteiger partial charge is 0.0562 e. The van der Waals surface area contributed by atoms with Crippen LogP contribution in [0.1, 0.15) is 26.7 Å². The van der Waals surface area contributed by atoms with E-state index in [-0.39, 0.29) is 5.92 Å². The van der Waals surface area contributed by atoms with Crippen LogP contribution in [-0.4, -0.2) is 23.9 Å². The van der Waals surface area contributed by atoms with Gasteiger partial charge in [-0.3, -0.25) is 0 Å². The van der Waals surface area contributed by atoms with Gasteiger partial charge in [0.15, 0.2) is 0 Å². The highest BCUT2D eigenvalue weighted by Gasteiger charge is 2.20. The Balaban J connectivity index is 2.62. The molecule has 84 valence electrons. The van der Waals surface area contributed by atoms with Gasteiger partial charge >= 0.3 is 0 Å². The molecule has 0 spiro atoms. The maximum atomic E-state index is 13.0. The van der Waals surface area contributed by atoms with E-state index in [0.29, 0.717) is 18.8 Å². The molecule has 0 aromatic rings. The second-order valence-electron chi connectivity index (χ2n) is 4.29. The van der Waals surface area contributed by atoms with Gasteiger partial charge in [-0.2, -0.15) is 0 Å². The van der Waals surface area contributed by atoms with Gasteiger partial charge in [-0.1, -0.05) is 12.2 Å². The molecular formula is C12H19FN2. The highest BCUT2D eigenvalue weighted by Crippen LogP contribution is 2.23. The first-order valence-electron chi connectivity index (χ1n) is 5.34. The second-order valence-corrected chi connectivity index (χ2v) is 4.29. The predicted molar refractivity (Wildman–Crippen MR) is 61.7 cm³/mol. The van der Waals surface area contributed by atoms with Crippen molar-refractivity contribution >= 4 is 5.71 Å². The molecule has 1 atom stereocenters. The summed E-state index contributed by atoms with van der Waals surface area (Å²) in [5, 5.41) is 8.53. The second kappa shape index (κ2) is 5.21. The number of hydrogen-bond donors (Lipinski definition) is 1. The van der Waals surface area contributed by atoms with E-state index in [0.717, 1.165) is 29.1 Å². The third-order valence-electron chi connectivity index (χ3n) is 2.85. The van der Waals surface area contributed by atoms with Gasteiger partial charge in [-0.25, -0.2) is 0 Å². The quantitative estimate of drug-likeness (QED) is 0.562. The Hall–Kier alpha value is -0.960. The van der Waals surface area contributed by atoms with Gasteiger partial charge in [-0.05, 0) is 44.3 Å². The van der Waals surface area contributed by atoms with Crippen molar-refractivity contribution < 1.29 is 4.48 Å². The lowest BCUT2D eigenvalue weighted by molar-refractivity contribution is -0.00942. The van der Waals surface area contributed by atoms with E-state index in [9.17, 15) is 4.48 Å². The van der Waals surface area contributed by atoms with E-state index in [1.807, 2.05) is 19.9 Å². The molecule has 0 aromatic carbocycles. The Morgan fingerprint density at radius 3 is 2.73 bits per heavy atom. The lowest BCUT2D eigenvalue weighted by Gasteiger charge is -2.27.